The van der Waals surface area contributed by atoms with Crippen molar-refractivity contribution >= 4 is 35.1 Å². The third kappa shape index (κ3) is 5.42. The van der Waals surface area contributed by atoms with Gasteiger partial charge in [0.15, 0.2) is 0 Å². The molecule has 0 aromatic heterocycles. The minimum atomic E-state index is -0.960. The zero-order chi connectivity index (χ0) is 22.6. The summed E-state index contributed by atoms with van der Waals surface area (Å²) < 4.78 is 0. The lowest BCUT2D eigenvalue weighted by Crippen LogP contribution is -2.52. The molecule has 0 saturated carbocycles. The number of nitrogens with one attached hydrogen (secondary N) is 1. The lowest BCUT2D eigenvalue weighted by Gasteiger charge is -2.45. The Morgan fingerprint density at radius 3 is 2.35 bits per heavy atom. The second-order valence-corrected chi connectivity index (χ2v) is 9.48. The van der Waals surface area contributed by atoms with E-state index in [1.165, 1.54) is 0 Å². The number of aliphatic carboxylic acids is 1. The number of carbonyl (C=O) groups is 2. The van der Waals surface area contributed by atoms with Crippen LogP contribution < -0.4 is 5.32 Å². The summed E-state index contributed by atoms with van der Waals surface area (Å²) in [5.41, 5.74) is 0.972. The van der Waals surface area contributed by atoms with E-state index in [0.717, 1.165) is 24.0 Å². The number of halogens is 2. The SMILES string of the molecule is CCC(CC)C[C@]1(CC(=O)O)C[C@H](c2cccc(Cl)c2)[C@@H](c2ccc(Cl)cc2)NC1=O. The Labute approximate surface area is 194 Å². The highest BCUT2D eigenvalue weighted by molar-refractivity contribution is 6.30. The van der Waals surface area contributed by atoms with Gasteiger partial charge in [-0.05, 0) is 54.2 Å². The molecule has 0 unspecified atom stereocenters. The molecule has 3 rings (SSSR count). The summed E-state index contributed by atoms with van der Waals surface area (Å²) >= 11 is 12.4. The van der Waals surface area contributed by atoms with Crippen LogP contribution in [0.4, 0.5) is 0 Å². The molecule has 6 heteroatoms. The second-order valence-electron chi connectivity index (χ2n) is 8.61. The van der Waals surface area contributed by atoms with Gasteiger partial charge in [0, 0.05) is 16.0 Å². The first-order valence-electron chi connectivity index (χ1n) is 10.8. The standard InChI is InChI=1S/C25H29Cl2NO3/c1-3-16(4-2)13-25(15-22(29)30)14-21(18-6-5-7-20(27)12-18)23(28-24(25)31)17-8-10-19(26)11-9-17/h5-12,16,21,23H,3-4,13-15H2,1-2H3,(H,28,31)(H,29,30)/t21-,23-,25-/m1/s1. The van der Waals surface area contributed by atoms with Crippen LogP contribution in [0.1, 0.15) is 69.0 Å². The predicted molar refractivity (Wildman–Crippen MR) is 125 cm³/mol. The molecular weight excluding hydrogens is 433 g/mol. The van der Waals surface area contributed by atoms with Gasteiger partial charge in [-0.1, -0.05) is 74.2 Å². The van der Waals surface area contributed by atoms with E-state index in [1.54, 1.807) is 12.1 Å². The molecule has 1 amide bonds. The van der Waals surface area contributed by atoms with Gasteiger partial charge in [-0.2, -0.15) is 0 Å². The first-order chi connectivity index (χ1) is 14.8. The Morgan fingerprint density at radius 2 is 1.77 bits per heavy atom. The average Bonchev–Trinajstić information content (AvgIpc) is 2.74. The van der Waals surface area contributed by atoms with Crippen molar-refractivity contribution in [2.75, 3.05) is 0 Å². The molecule has 1 aliphatic heterocycles. The Balaban J connectivity index is 2.07. The Kier molecular flexibility index (Phi) is 7.66. The van der Waals surface area contributed by atoms with Crippen LogP contribution in [0, 0.1) is 11.3 Å². The maximum atomic E-state index is 13.5. The van der Waals surface area contributed by atoms with Crippen molar-refractivity contribution in [1.29, 1.82) is 0 Å². The molecule has 1 saturated heterocycles. The monoisotopic (exact) mass is 461 g/mol. The van der Waals surface area contributed by atoms with E-state index in [0.29, 0.717) is 22.9 Å². The van der Waals surface area contributed by atoms with E-state index in [-0.39, 0.29) is 30.2 Å². The summed E-state index contributed by atoms with van der Waals surface area (Å²) in [7, 11) is 0. The van der Waals surface area contributed by atoms with Crippen LogP contribution in [0.25, 0.3) is 0 Å². The molecule has 4 nitrogen and oxygen atoms in total. The fraction of sp³-hybridized carbons (Fsp3) is 0.440. The molecule has 2 aromatic rings. The average molecular weight is 462 g/mol. The summed E-state index contributed by atoms with van der Waals surface area (Å²) in [5.74, 6) is -0.945. The van der Waals surface area contributed by atoms with Crippen LogP contribution >= 0.6 is 23.2 Å². The smallest absolute Gasteiger partial charge is 0.304 e. The highest BCUT2D eigenvalue weighted by Gasteiger charge is 2.49. The normalized spacial score (nSPS) is 23.6. The number of rotatable bonds is 8. The van der Waals surface area contributed by atoms with Gasteiger partial charge in [0.1, 0.15) is 0 Å². The zero-order valence-corrected chi connectivity index (χ0v) is 19.4. The molecule has 1 aliphatic rings. The van der Waals surface area contributed by atoms with Gasteiger partial charge in [0.25, 0.3) is 0 Å². The molecule has 31 heavy (non-hydrogen) atoms. The maximum absolute atomic E-state index is 13.5. The summed E-state index contributed by atoms with van der Waals surface area (Å²) in [6.45, 7) is 4.18. The van der Waals surface area contributed by atoms with E-state index in [4.69, 9.17) is 23.2 Å². The number of hydrogen-bond donors (Lipinski definition) is 2. The lowest BCUT2D eigenvalue weighted by atomic mass is 9.63. The zero-order valence-electron chi connectivity index (χ0n) is 17.9. The molecule has 2 N–H and O–H groups in total. The van der Waals surface area contributed by atoms with Crippen LogP contribution in [-0.2, 0) is 9.59 Å². The topological polar surface area (TPSA) is 66.4 Å². The molecular formula is C25H29Cl2NO3. The van der Waals surface area contributed by atoms with Gasteiger partial charge in [-0.25, -0.2) is 0 Å². The van der Waals surface area contributed by atoms with Gasteiger partial charge >= 0.3 is 5.97 Å². The molecule has 0 radical (unpaired) electrons. The number of carboxylic acid groups (broad SMARTS) is 1. The molecule has 0 spiro atoms. The lowest BCUT2D eigenvalue weighted by molar-refractivity contribution is -0.149. The fourth-order valence-corrected chi connectivity index (χ4v) is 5.20. The van der Waals surface area contributed by atoms with E-state index in [9.17, 15) is 14.7 Å². The van der Waals surface area contributed by atoms with Gasteiger partial charge in [0.2, 0.25) is 5.91 Å². The maximum Gasteiger partial charge on any atom is 0.304 e. The number of benzene rings is 2. The van der Waals surface area contributed by atoms with Crippen molar-refractivity contribution in [3.63, 3.8) is 0 Å². The third-order valence-corrected chi connectivity index (χ3v) is 7.10. The van der Waals surface area contributed by atoms with Crippen molar-refractivity contribution < 1.29 is 14.7 Å². The van der Waals surface area contributed by atoms with E-state index < -0.39 is 11.4 Å². The molecule has 0 bridgehead atoms. The number of hydrogen-bond acceptors (Lipinski definition) is 2. The molecule has 0 aliphatic carbocycles. The van der Waals surface area contributed by atoms with Crippen LogP contribution in [0.2, 0.25) is 10.0 Å². The second kappa shape index (κ2) is 10.1. The van der Waals surface area contributed by atoms with E-state index in [1.807, 2.05) is 36.4 Å². The molecule has 1 fully saturated rings. The van der Waals surface area contributed by atoms with Crippen molar-refractivity contribution in [1.82, 2.24) is 5.32 Å². The molecule has 2 aromatic carbocycles. The van der Waals surface area contributed by atoms with Gasteiger partial charge < -0.3 is 10.4 Å². The Hall–Kier alpha value is -2.04. The van der Waals surface area contributed by atoms with E-state index in [2.05, 4.69) is 19.2 Å². The number of carbonyl (C=O) groups excluding carboxylic acids is 1. The van der Waals surface area contributed by atoms with Gasteiger partial charge in [0.05, 0.1) is 17.9 Å². The number of carboxylic acids is 1. The van der Waals surface area contributed by atoms with Crippen LogP contribution in [0.15, 0.2) is 48.5 Å². The third-order valence-electron chi connectivity index (χ3n) is 6.61. The Morgan fingerprint density at radius 1 is 1.10 bits per heavy atom. The molecule has 1 heterocycles. The molecule has 3 atom stereocenters. The van der Waals surface area contributed by atoms with Crippen molar-refractivity contribution in [3.05, 3.63) is 69.7 Å². The number of amides is 1. The minimum Gasteiger partial charge on any atom is -0.481 e. The molecule has 166 valence electrons. The summed E-state index contributed by atoms with van der Waals surface area (Å²) in [6, 6.07) is 14.8. The quantitative estimate of drug-likeness (QED) is 0.463. The highest BCUT2D eigenvalue weighted by atomic mass is 35.5. The van der Waals surface area contributed by atoms with Crippen molar-refractivity contribution in [2.24, 2.45) is 11.3 Å². The van der Waals surface area contributed by atoms with Crippen LogP contribution in [-0.4, -0.2) is 17.0 Å². The van der Waals surface area contributed by atoms with Gasteiger partial charge in [-0.15, -0.1) is 0 Å². The minimum absolute atomic E-state index is 0.105. The van der Waals surface area contributed by atoms with Crippen LogP contribution in [0.3, 0.4) is 0 Å². The summed E-state index contributed by atoms with van der Waals surface area (Å²) in [6.07, 6.45) is 2.65. The summed E-state index contributed by atoms with van der Waals surface area (Å²) in [5, 5.41) is 14.1. The summed E-state index contributed by atoms with van der Waals surface area (Å²) in [4.78, 5) is 25.3. The predicted octanol–water partition coefficient (Wildman–Crippen LogP) is 6.63. The first kappa shape index (κ1) is 23.6. The van der Waals surface area contributed by atoms with Crippen molar-refractivity contribution in [2.45, 2.75) is 57.9 Å². The van der Waals surface area contributed by atoms with Crippen molar-refractivity contribution in [3.8, 4) is 0 Å². The largest absolute Gasteiger partial charge is 0.481 e. The highest BCUT2D eigenvalue weighted by Crippen LogP contribution is 2.50. The van der Waals surface area contributed by atoms with Gasteiger partial charge in [-0.3, -0.25) is 9.59 Å². The Bertz CT molecular complexity index is 927. The fourth-order valence-electron chi connectivity index (χ4n) is 4.88. The number of piperidine rings is 1. The van der Waals surface area contributed by atoms with Crippen LogP contribution in [0.5, 0.6) is 0 Å². The van der Waals surface area contributed by atoms with E-state index >= 15 is 0 Å². The first-order valence-corrected chi connectivity index (χ1v) is 11.6.